The number of aliphatic hydroxyl groups excluding tert-OH is 1. The number of aliphatic hydroxyl groups is 1. The topological polar surface area (TPSA) is 57.3 Å². The highest BCUT2D eigenvalue weighted by molar-refractivity contribution is 7.99. The third-order valence-corrected chi connectivity index (χ3v) is 5.16. The summed E-state index contributed by atoms with van der Waals surface area (Å²) in [5.74, 6) is 0.802. The Bertz CT molecular complexity index is 566. The van der Waals surface area contributed by atoms with E-state index < -0.39 is 6.10 Å². The minimum Gasteiger partial charge on any atom is -0.490 e. The summed E-state index contributed by atoms with van der Waals surface area (Å²) in [5.41, 5.74) is 1.04. The maximum Gasteiger partial charge on any atom is 0.128 e. The molecule has 0 aliphatic heterocycles. The lowest BCUT2D eigenvalue weighted by Gasteiger charge is -2.28. The van der Waals surface area contributed by atoms with E-state index in [2.05, 4.69) is 30.4 Å². The summed E-state index contributed by atoms with van der Waals surface area (Å²) < 4.78 is 5.76. The van der Waals surface area contributed by atoms with Crippen LogP contribution >= 0.6 is 11.8 Å². The molecule has 21 heavy (non-hydrogen) atoms. The molecule has 0 saturated carbocycles. The van der Waals surface area contributed by atoms with Gasteiger partial charge in [0.25, 0.3) is 0 Å². The molecule has 1 aromatic heterocycles. The first kappa shape index (κ1) is 16.2. The predicted molar refractivity (Wildman–Crippen MR) is 90.0 cm³/mol. The monoisotopic (exact) mass is 308 g/mol. The highest BCUT2D eigenvalue weighted by Gasteiger charge is 2.20. The number of H-pyrrole nitrogens is 1. The van der Waals surface area contributed by atoms with Crippen LogP contribution < -0.4 is 10.1 Å². The zero-order valence-corrected chi connectivity index (χ0v) is 13.7. The normalized spacial score (nSPS) is 15.8. The van der Waals surface area contributed by atoms with E-state index >= 15 is 0 Å². The maximum atomic E-state index is 10.1. The van der Waals surface area contributed by atoms with Gasteiger partial charge in [0.1, 0.15) is 18.5 Å². The zero-order valence-electron chi connectivity index (χ0n) is 12.8. The third-order valence-electron chi connectivity index (χ3n) is 3.82. The van der Waals surface area contributed by atoms with Crippen molar-refractivity contribution in [2.24, 2.45) is 0 Å². The number of hydrogen-bond donors (Lipinski definition) is 3. The van der Waals surface area contributed by atoms with Gasteiger partial charge >= 0.3 is 0 Å². The number of aromatic amines is 1. The number of fused-ring (bicyclic) bond motifs is 1. The van der Waals surface area contributed by atoms with Crippen LogP contribution in [0.2, 0.25) is 0 Å². The first-order valence-electron chi connectivity index (χ1n) is 7.25. The van der Waals surface area contributed by atoms with Crippen molar-refractivity contribution in [3.8, 4) is 5.75 Å². The van der Waals surface area contributed by atoms with Gasteiger partial charge in [0, 0.05) is 23.6 Å². The van der Waals surface area contributed by atoms with Gasteiger partial charge in [0.2, 0.25) is 0 Å². The Morgan fingerprint density at radius 1 is 1.43 bits per heavy atom. The van der Waals surface area contributed by atoms with Crippen LogP contribution in [0.15, 0.2) is 30.5 Å². The SMILES string of the molecule is CCC(C)(NCC(O)COc1cccc2[nH]ccc12)SC. The van der Waals surface area contributed by atoms with Gasteiger partial charge in [-0.3, -0.25) is 0 Å². The maximum absolute atomic E-state index is 10.1. The minimum atomic E-state index is -0.530. The van der Waals surface area contributed by atoms with Crippen LogP contribution in [0.5, 0.6) is 5.75 Å². The van der Waals surface area contributed by atoms with E-state index in [1.807, 2.05) is 30.5 Å². The average Bonchev–Trinajstić information content (AvgIpc) is 2.99. The van der Waals surface area contributed by atoms with E-state index in [-0.39, 0.29) is 11.5 Å². The van der Waals surface area contributed by atoms with Gasteiger partial charge in [-0.15, -0.1) is 11.8 Å². The van der Waals surface area contributed by atoms with Crippen LogP contribution in [-0.4, -0.2) is 40.5 Å². The molecule has 116 valence electrons. The molecular weight excluding hydrogens is 284 g/mol. The predicted octanol–water partition coefficient (Wildman–Crippen LogP) is 2.99. The van der Waals surface area contributed by atoms with Crippen molar-refractivity contribution in [1.29, 1.82) is 0 Å². The van der Waals surface area contributed by atoms with Gasteiger partial charge in [0.05, 0.1) is 4.87 Å². The highest BCUT2D eigenvalue weighted by atomic mass is 32.2. The molecule has 0 fully saturated rings. The molecule has 5 heteroatoms. The summed E-state index contributed by atoms with van der Waals surface area (Å²) in [4.78, 5) is 3.15. The Labute approximate surface area is 130 Å². The highest BCUT2D eigenvalue weighted by Crippen LogP contribution is 2.25. The summed E-state index contributed by atoms with van der Waals surface area (Å²) in [7, 11) is 0. The molecule has 2 atom stereocenters. The standard InChI is InChI=1S/C16H24N2O2S/c1-4-16(2,21-3)18-10-12(19)11-20-15-7-5-6-14-13(15)8-9-17-14/h5-9,12,17-19H,4,10-11H2,1-3H3. The second kappa shape index (κ2) is 7.20. The number of ether oxygens (including phenoxy) is 1. The first-order chi connectivity index (χ1) is 10.1. The first-order valence-corrected chi connectivity index (χ1v) is 8.47. The molecular formula is C16H24N2O2S. The second-order valence-electron chi connectivity index (χ2n) is 5.33. The van der Waals surface area contributed by atoms with Crippen molar-refractivity contribution in [2.75, 3.05) is 19.4 Å². The van der Waals surface area contributed by atoms with Crippen LogP contribution in [-0.2, 0) is 0 Å². The fraction of sp³-hybridized carbons (Fsp3) is 0.500. The van der Waals surface area contributed by atoms with Gasteiger partial charge in [-0.2, -0.15) is 0 Å². The number of nitrogens with one attached hydrogen (secondary N) is 2. The molecule has 0 aliphatic carbocycles. The lowest BCUT2D eigenvalue weighted by molar-refractivity contribution is 0.103. The van der Waals surface area contributed by atoms with Crippen molar-refractivity contribution in [3.05, 3.63) is 30.5 Å². The molecule has 1 aromatic carbocycles. The Kier molecular flexibility index (Phi) is 5.56. The Hall–Kier alpha value is -1.17. The minimum absolute atomic E-state index is 0.00162. The molecule has 0 bridgehead atoms. The number of aromatic nitrogens is 1. The summed E-state index contributed by atoms with van der Waals surface area (Å²) in [6.07, 6.45) is 4.44. The Morgan fingerprint density at radius 3 is 2.95 bits per heavy atom. The molecule has 2 aromatic rings. The number of rotatable bonds is 8. The largest absolute Gasteiger partial charge is 0.490 e. The molecule has 0 saturated heterocycles. The summed E-state index contributed by atoms with van der Waals surface area (Å²) in [6.45, 7) is 5.09. The van der Waals surface area contributed by atoms with Crippen LogP contribution in [0.4, 0.5) is 0 Å². The van der Waals surface area contributed by atoms with Crippen LogP contribution in [0.1, 0.15) is 20.3 Å². The fourth-order valence-electron chi connectivity index (χ4n) is 2.10. The molecule has 2 rings (SSSR count). The van der Waals surface area contributed by atoms with Gasteiger partial charge < -0.3 is 20.1 Å². The van der Waals surface area contributed by atoms with Crippen molar-refractivity contribution in [2.45, 2.75) is 31.2 Å². The smallest absolute Gasteiger partial charge is 0.128 e. The van der Waals surface area contributed by atoms with Crippen molar-refractivity contribution >= 4 is 22.7 Å². The second-order valence-corrected chi connectivity index (χ2v) is 6.64. The lowest BCUT2D eigenvalue weighted by Crippen LogP contribution is -2.44. The fourth-order valence-corrected chi connectivity index (χ4v) is 2.62. The van der Waals surface area contributed by atoms with Crippen molar-refractivity contribution < 1.29 is 9.84 Å². The molecule has 0 amide bonds. The molecule has 1 heterocycles. The quantitative estimate of drug-likeness (QED) is 0.656. The van der Waals surface area contributed by atoms with Crippen LogP contribution in [0.3, 0.4) is 0 Å². The van der Waals surface area contributed by atoms with Gasteiger partial charge in [-0.1, -0.05) is 13.0 Å². The van der Waals surface area contributed by atoms with E-state index in [1.165, 1.54) is 0 Å². The Balaban J connectivity index is 1.87. The number of hydrogen-bond acceptors (Lipinski definition) is 4. The molecule has 0 spiro atoms. The van der Waals surface area contributed by atoms with E-state index in [0.717, 1.165) is 23.1 Å². The van der Waals surface area contributed by atoms with E-state index in [9.17, 15) is 5.11 Å². The molecule has 0 aliphatic rings. The van der Waals surface area contributed by atoms with E-state index in [1.54, 1.807) is 11.8 Å². The van der Waals surface area contributed by atoms with Crippen molar-refractivity contribution in [3.63, 3.8) is 0 Å². The summed E-state index contributed by atoms with van der Waals surface area (Å²) in [6, 6.07) is 7.86. The molecule has 3 N–H and O–H groups in total. The van der Waals surface area contributed by atoms with E-state index in [4.69, 9.17) is 4.74 Å². The summed E-state index contributed by atoms with van der Waals surface area (Å²) in [5, 5.41) is 14.5. The number of benzene rings is 1. The number of thioether (sulfide) groups is 1. The van der Waals surface area contributed by atoms with Gasteiger partial charge in [-0.25, -0.2) is 0 Å². The Morgan fingerprint density at radius 2 is 2.24 bits per heavy atom. The van der Waals surface area contributed by atoms with Crippen molar-refractivity contribution in [1.82, 2.24) is 10.3 Å². The molecule has 4 nitrogen and oxygen atoms in total. The lowest BCUT2D eigenvalue weighted by atomic mass is 10.2. The van der Waals surface area contributed by atoms with Gasteiger partial charge in [-0.05, 0) is 37.8 Å². The van der Waals surface area contributed by atoms with Crippen LogP contribution in [0, 0.1) is 0 Å². The van der Waals surface area contributed by atoms with Crippen LogP contribution in [0.25, 0.3) is 10.9 Å². The van der Waals surface area contributed by atoms with E-state index in [0.29, 0.717) is 6.54 Å². The molecule has 0 radical (unpaired) electrons. The summed E-state index contributed by atoms with van der Waals surface area (Å²) >= 11 is 1.76. The van der Waals surface area contributed by atoms with Gasteiger partial charge in [0.15, 0.2) is 0 Å². The third kappa shape index (κ3) is 4.15. The average molecular weight is 308 g/mol. The zero-order chi connectivity index (χ0) is 15.3. The molecule has 2 unspecified atom stereocenters.